The van der Waals surface area contributed by atoms with E-state index in [-0.39, 0.29) is 11.7 Å². The molecule has 1 aliphatic carbocycles. The molecule has 0 bridgehead atoms. The molecule has 0 heterocycles. The molecule has 0 radical (unpaired) electrons. The second kappa shape index (κ2) is 5.09. The number of rotatable bonds is 2. The van der Waals surface area contributed by atoms with Crippen molar-refractivity contribution in [2.75, 3.05) is 5.73 Å². The third-order valence-electron chi connectivity index (χ3n) is 3.67. The smallest absolute Gasteiger partial charge is 0.165 e. The van der Waals surface area contributed by atoms with Crippen LogP contribution < -0.4 is 5.73 Å². The van der Waals surface area contributed by atoms with E-state index in [9.17, 15) is 4.79 Å². The van der Waals surface area contributed by atoms with Crippen LogP contribution in [0.4, 0.5) is 5.69 Å². The van der Waals surface area contributed by atoms with Gasteiger partial charge in [-0.2, -0.15) is 0 Å². The fourth-order valence-corrected chi connectivity index (χ4v) is 2.62. The summed E-state index contributed by atoms with van der Waals surface area (Å²) in [4.78, 5) is 12.3. The highest BCUT2D eigenvalue weighted by molar-refractivity contribution is 6.33. The Kier molecular flexibility index (Phi) is 3.72. The van der Waals surface area contributed by atoms with Crippen LogP contribution in [0.1, 0.15) is 43.0 Å². The van der Waals surface area contributed by atoms with Crippen LogP contribution in [0.5, 0.6) is 0 Å². The highest BCUT2D eigenvalue weighted by Gasteiger charge is 2.25. The number of hydrogen-bond donors (Lipinski definition) is 1. The highest BCUT2D eigenvalue weighted by atomic mass is 35.5. The van der Waals surface area contributed by atoms with Crippen molar-refractivity contribution in [2.45, 2.75) is 32.6 Å². The Morgan fingerprint density at radius 3 is 2.53 bits per heavy atom. The minimum absolute atomic E-state index is 0.172. The molecule has 2 rings (SSSR count). The van der Waals surface area contributed by atoms with Crippen LogP contribution >= 0.6 is 11.6 Å². The first kappa shape index (κ1) is 12.4. The number of hydrogen-bond acceptors (Lipinski definition) is 2. The SMILES string of the molecule is CC1CCC(C(=O)c2ccc(N)c(Cl)c2)CC1. The molecule has 0 unspecified atom stereocenters. The molecule has 0 aromatic heterocycles. The van der Waals surface area contributed by atoms with Crippen molar-refractivity contribution < 1.29 is 4.79 Å². The van der Waals surface area contributed by atoms with Crippen LogP contribution in [0.25, 0.3) is 0 Å². The van der Waals surface area contributed by atoms with Gasteiger partial charge in [0.25, 0.3) is 0 Å². The Morgan fingerprint density at radius 2 is 1.94 bits per heavy atom. The number of halogens is 1. The van der Waals surface area contributed by atoms with E-state index in [0.717, 1.165) is 31.6 Å². The van der Waals surface area contributed by atoms with Gasteiger partial charge < -0.3 is 5.73 Å². The van der Waals surface area contributed by atoms with Crippen molar-refractivity contribution in [3.05, 3.63) is 28.8 Å². The third kappa shape index (κ3) is 2.81. The van der Waals surface area contributed by atoms with E-state index in [1.54, 1.807) is 18.2 Å². The van der Waals surface area contributed by atoms with E-state index in [2.05, 4.69) is 6.92 Å². The number of nitrogens with two attached hydrogens (primary N) is 1. The molecule has 17 heavy (non-hydrogen) atoms. The van der Waals surface area contributed by atoms with E-state index in [0.29, 0.717) is 16.3 Å². The summed E-state index contributed by atoms with van der Waals surface area (Å²) in [6.45, 7) is 2.25. The van der Waals surface area contributed by atoms with E-state index < -0.39 is 0 Å². The van der Waals surface area contributed by atoms with Crippen LogP contribution in [0, 0.1) is 11.8 Å². The van der Waals surface area contributed by atoms with Crippen molar-refractivity contribution in [2.24, 2.45) is 11.8 Å². The molecule has 0 aliphatic heterocycles. The monoisotopic (exact) mass is 251 g/mol. The molecule has 2 nitrogen and oxygen atoms in total. The first-order chi connectivity index (χ1) is 8.08. The molecule has 3 heteroatoms. The van der Waals surface area contributed by atoms with Crippen molar-refractivity contribution >= 4 is 23.1 Å². The third-order valence-corrected chi connectivity index (χ3v) is 4.00. The zero-order valence-electron chi connectivity index (χ0n) is 10.1. The van der Waals surface area contributed by atoms with Gasteiger partial charge in [0, 0.05) is 11.5 Å². The van der Waals surface area contributed by atoms with Gasteiger partial charge >= 0.3 is 0 Å². The summed E-state index contributed by atoms with van der Waals surface area (Å²) in [6, 6.07) is 5.18. The zero-order valence-corrected chi connectivity index (χ0v) is 10.8. The average molecular weight is 252 g/mol. The van der Waals surface area contributed by atoms with Gasteiger partial charge in [0.15, 0.2) is 5.78 Å². The van der Waals surface area contributed by atoms with Gasteiger partial charge in [0.2, 0.25) is 0 Å². The molecule has 1 aromatic carbocycles. The fourth-order valence-electron chi connectivity index (χ4n) is 2.44. The van der Waals surface area contributed by atoms with Gasteiger partial charge in [-0.3, -0.25) is 4.79 Å². The van der Waals surface area contributed by atoms with Crippen LogP contribution in [0.2, 0.25) is 5.02 Å². The number of ketones is 1. The number of carbonyl (C=O) groups is 1. The maximum atomic E-state index is 12.3. The lowest BCUT2D eigenvalue weighted by molar-refractivity contribution is 0.0875. The molecule has 0 atom stereocenters. The normalized spacial score (nSPS) is 24.6. The molecule has 2 N–H and O–H groups in total. The van der Waals surface area contributed by atoms with Gasteiger partial charge in [0.05, 0.1) is 10.7 Å². The molecule has 0 amide bonds. The second-order valence-electron chi connectivity index (χ2n) is 5.06. The lowest BCUT2D eigenvalue weighted by Gasteiger charge is -2.25. The summed E-state index contributed by atoms with van der Waals surface area (Å²) >= 11 is 5.94. The average Bonchev–Trinajstić information content (AvgIpc) is 2.33. The summed E-state index contributed by atoms with van der Waals surface area (Å²) in [6.07, 6.45) is 4.31. The maximum absolute atomic E-state index is 12.3. The van der Waals surface area contributed by atoms with E-state index in [1.165, 1.54) is 0 Å². The predicted molar refractivity (Wildman–Crippen MR) is 71.3 cm³/mol. The highest BCUT2D eigenvalue weighted by Crippen LogP contribution is 2.31. The maximum Gasteiger partial charge on any atom is 0.165 e. The first-order valence-electron chi connectivity index (χ1n) is 6.17. The van der Waals surface area contributed by atoms with Crippen molar-refractivity contribution in [3.8, 4) is 0 Å². The molecule has 1 saturated carbocycles. The van der Waals surface area contributed by atoms with Crippen molar-refractivity contribution in [1.29, 1.82) is 0 Å². The molecule has 1 aliphatic rings. The second-order valence-corrected chi connectivity index (χ2v) is 5.46. The Hall–Kier alpha value is -1.02. The topological polar surface area (TPSA) is 43.1 Å². The van der Waals surface area contributed by atoms with Crippen LogP contribution in [-0.2, 0) is 0 Å². The Morgan fingerprint density at radius 1 is 1.29 bits per heavy atom. The van der Waals surface area contributed by atoms with E-state index >= 15 is 0 Å². The standard InChI is InChI=1S/C14H18ClNO/c1-9-2-4-10(5-3-9)14(17)11-6-7-13(16)12(15)8-11/h6-10H,2-5,16H2,1H3. The first-order valence-corrected chi connectivity index (χ1v) is 6.55. The Labute approximate surface area is 107 Å². The zero-order chi connectivity index (χ0) is 12.4. The fraction of sp³-hybridized carbons (Fsp3) is 0.500. The number of benzene rings is 1. The van der Waals surface area contributed by atoms with Gasteiger partial charge in [-0.1, -0.05) is 31.4 Å². The van der Waals surface area contributed by atoms with E-state index in [4.69, 9.17) is 17.3 Å². The predicted octanol–water partition coefficient (Wildman–Crippen LogP) is 3.93. The molecular weight excluding hydrogens is 234 g/mol. The van der Waals surface area contributed by atoms with Gasteiger partial charge in [-0.15, -0.1) is 0 Å². The summed E-state index contributed by atoms with van der Waals surface area (Å²) < 4.78 is 0. The Balaban J connectivity index is 2.11. The summed E-state index contributed by atoms with van der Waals surface area (Å²) in [5, 5.41) is 0.472. The molecular formula is C14H18ClNO. The minimum Gasteiger partial charge on any atom is -0.398 e. The summed E-state index contributed by atoms with van der Waals surface area (Å²) in [7, 11) is 0. The summed E-state index contributed by atoms with van der Waals surface area (Å²) in [5.41, 5.74) is 6.87. The van der Waals surface area contributed by atoms with Crippen LogP contribution in [0.15, 0.2) is 18.2 Å². The molecule has 1 aromatic rings. The minimum atomic E-state index is 0.172. The quantitative estimate of drug-likeness (QED) is 0.639. The van der Waals surface area contributed by atoms with Crippen molar-refractivity contribution in [3.63, 3.8) is 0 Å². The molecule has 92 valence electrons. The molecule has 0 spiro atoms. The van der Waals surface area contributed by atoms with Crippen molar-refractivity contribution in [1.82, 2.24) is 0 Å². The van der Waals surface area contributed by atoms with Gasteiger partial charge in [0.1, 0.15) is 0 Å². The summed E-state index contributed by atoms with van der Waals surface area (Å²) in [5.74, 6) is 1.15. The largest absolute Gasteiger partial charge is 0.398 e. The van der Waals surface area contributed by atoms with E-state index in [1.807, 2.05) is 0 Å². The lowest BCUT2D eigenvalue weighted by Crippen LogP contribution is -2.21. The van der Waals surface area contributed by atoms with Crippen LogP contribution in [0.3, 0.4) is 0 Å². The molecule has 0 saturated heterocycles. The number of Topliss-reactive ketones (excluding diaryl/α,β-unsaturated/α-hetero) is 1. The number of anilines is 1. The van der Waals surface area contributed by atoms with Gasteiger partial charge in [-0.05, 0) is 37.0 Å². The number of nitrogen functional groups attached to an aromatic ring is 1. The van der Waals surface area contributed by atoms with Crippen LogP contribution in [-0.4, -0.2) is 5.78 Å². The van der Waals surface area contributed by atoms with Gasteiger partial charge in [-0.25, -0.2) is 0 Å². The Bertz CT molecular complexity index is 422. The molecule has 1 fully saturated rings. The lowest BCUT2D eigenvalue weighted by atomic mass is 9.79. The number of carbonyl (C=O) groups excluding carboxylic acids is 1.